The van der Waals surface area contributed by atoms with E-state index in [-0.39, 0.29) is 5.92 Å². The van der Waals surface area contributed by atoms with Crippen molar-refractivity contribution >= 4 is 0 Å². The monoisotopic (exact) mass is 283 g/mol. The van der Waals surface area contributed by atoms with Gasteiger partial charge in [-0.3, -0.25) is 0 Å². The van der Waals surface area contributed by atoms with Gasteiger partial charge in [0.1, 0.15) is 0 Å². The van der Waals surface area contributed by atoms with Gasteiger partial charge in [-0.2, -0.15) is 0 Å². The summed E-state index contributed by atoms with van der Waals surface area (Å²) in [5.74, 6) is 0.420. The summed E-state index contributed by atoms with van der Waals surface area (Å²) in [7, 11) is 0. The highest BCUT2D eigenvalue weighted by molar-refractivity contribution is 5.30. The zero-order chi connectivity index (χ0) is 14.7. The van der Waals surface area contributed by atoms with Gasteiger partial charge in [0, 0.05) is 11.5 Å². The molecule has 1 aromatic carbocycles. The molecule has 0 aromatic heterocycles. The highest BCUT2D eigenvalue weighted by atomic mass is 16.3. The van der Waals surface area contributed by atoms with E-state index in [2.05, 4.69) is 12.2 Å². The molecule has 112 valence electrons. The first-order valence-corrected chi connectivity index (χ1v) is 8.10. The van der Waals surface area contributed by atoms with E-state index in [1.54, 1.807) is 0 Å². The maximum atomic E-state index is 10.8. The Balaban J connectivity index is 1.88. The number of aliphatic hydroxyl groups is 1. The van der Waals surface area contributed by atoms with Gasteiger partial charge in [0.25, 0.3) is 0 Å². The minimum atomic E-state index is -0.542. The molecule has 3 rings (SSSR count). The van der Waals surface area contributed by atoms with Gasteiger partial charge >= 0.3 is 0 Å². The lowest BCUT2D eigenvalue weighted by atomic mass is 9.65. The van der Waals surface area contributed by atoms with Gasteiger partial charge in [0.2, 0.25) is 0 Å². The lowest BCUT2D eigenvalue weighted by molar-refractivity contribution is 0.0674. The molecule has 0 spiro atoms. The molecule has 3 N–H and O–H groups in total. The SMILES string of the molecule is NC1(C2CCCCC2)C=CC=CC1[C@@H](O)c1ccccc1. The van der Waals surface area contributed by atoms with Gasteiger partial charge in [-0.05, 0) is 24.3 Å². The molecule has 1 fully saturated rings. The summed E-state index contributed by atoms with van der Waals surface area (Å²) >= 11 is 0. The first kappa shape index (κ1) is 14.6. The van der Waals surface area contributed by atoms with Crippen LogP contribution in [0.4, 0.5) is 0 Å². The van der Waals surface area contributed by atoms with E-state index < -0.39 is 11.6 Å². The molecule has 0 bridgehead atoms. The second-order valence-corrected chi connectivity index (χ2v) is 6.46. The van der Waals surface area contributed by atoms with Crippen molar-refractivity contribution < 1.29 is 5.11 Å². The lowest BCUT2D eigenvalue weighted by Gasteiger charge is -2.45. The van der Waals surface area contributed by atoms with Crippen molar-refractivity contribution in [1.82, 2.24) is 0 Å². The number of rotatable bonds is 3. The molecule has 2 unspecified atom stereocenters. The van der Waals surface area contributed by atoms with Gasteiger partial charge in [-0.25, -0.2) is 0 Å². The van der Waals surface area contributed by atoms with Gasteiger partial charge in [-0.15, -0.1) is 0 Å². The van der Waals surface area contributed by atoms with Crippen LogP contribution in [-0.2, 0) is 0 Å². The smallest absolute Gasteiger partial charge is 0.0873 e. The van der Waals surface area contributed by atoms with E-state index in [9.17, 15) is 5.11 Å². The van der Waals surface area contributed by atoms with Gasteiger partial charge in [0.05, 0.1) is 6.10 Å². The standard InChI is InChI=1S/C19H25NO/c20-19(16-11-5-2-6-12-16)14-8-7-13-17(19)18(21)15-9-3-1-4-10-15/h1,3-4,7-10,13-14,16-18,21H,2,5-6,11-12,20H2/t17?,18-,19?/m0/s1. The lowest BCUT2D eigenvalue weighted by Crippen LogP contribution is -2.54. The Morgan fingerprint density at radius 1 is 1.05 bits per heavy atom. The minimum absolute atomic E-state index is 0.0481. The molecule has 1 saturated carbocycles. The number of hydrogen-bond acceptors (Lipinski definition) is 2. The van der Waals surface area contributed by atoms with Crippen molar-refractivity contribution in [2.45, 2.75) is 43.7 Å². The summed E-state index contributed by atoms with van der Waals surface area (Å²) in [5, 5.41) is 10.8. The average Bonchev–Trinajstić information content (AvgIpc) is 2.56. The van der Waals surface area contributed by atoms with Crippen molar-refractivity contribution in [1.29, 1.82) is 0 Å². The second kappa shape index (κ2) is 6.17. The molecular weight excluding hydrogens is 258 g/mol. The number of hydrogen-bond donors (Lipinski definition) is 2. The largest absolute Gasteiger partial charge is 0.388 e. The van der Waals surface area contributed by atoms with Crippen LogP contribution in [-0.4, -0.2) is 10.6 Å². The Morgan fingerprint density at radius 2 is 1.76 bits per heavy atom. The van der Waals surface area contributed by atoms with E-state index in [1.165, 1.54) is 32.1 Å². The highest BCUT2D eigenvalue weighted by Crippen LogP contribution is 2.43. The molecule has 21 heavy (non-hydrogen) atoms. The fourth-order valence-corrected chi connectivity index (χ4v) is 3.93. The topological polar surface area (TPSA) is 46.2 Å². The number of aliphatic hydroxyl groups excluding tert-OH is 1. The zero-order valence-corrected chi connectivity index (χ0v) is 12.5. The third kappa shape index (κ3) is 2.83. The van der Waals surface area contributed by atoms with Crippen LogP contribution >= 0.6 is 0 Å². The van der Waals surface area contributed by atoms with Crippen LogP contribution in [0.2, 0.25) is 0 Å². The zero-order valence-electron chi connectivity index (χ0n) is 12.5. The summed E-state index contributed by atoms with van der Waals surface area (Å²) in [6.07, 6.45) is 13.9. The summed E-state index contributed by atoms with van der Waals surface area (Å²) < 4.78 is 0. The Labute approximate surface area is 127 Å². The molecule has 0 heterocycles. The normalized spacial score (nSPS) is 31.2. The van der Waals surface area contributed by atoms with Crippen molar-refractivity contribution in [3.8, 4) is 0 Å². The first-order valence-electron chi connectivity index (χ1n) is 8.10. The Bertz CT molecular complexity index is 516. The number of nitrogens with two attached hydrogens (primary N) is 1. The van der Waals surface area contributed by atoms with Crippen LogP contribution in [0.25, 0.3) is 0 Å². The summed E-state index contributed by atoms with van der Waals surface area (Å²) in [4.78, 5) is 0. The van der Waals surface area contributed by atoms with E-state index in [0.717, 1.165) is 5.56 Å². The van der Waals surface area contributed by atoms with Crippen molar-refractivity contribution in [2.24, 2.45) is 17.6 Å². The molecule has 2 heteroatoms. The molecule has 0 radical (unpaired) electrons. The van der Waals surface area contributed by atoms with Crippen LogP contribution in [0.1, 0.15) is 43.8 Å². The second-order valence-electron chi connectivity index (χ2n) is 6.46. The molecule has 1 aromatic rings. The molecular formula is C19H25NO. The van der Waals surface area contributed by atoms with Crippen molar-refractivity contribution in [2.75, 3.05) is 0 Å². The summed E-state index contributed by atoms with van der Waals surface area (Å²) in [6, 6.07) is 9.89. The molecule has 0 amide bonds. The number of allylic oxidation sites excluding steroid dienone is 2. The van der Waals surface area contributed by atoms with Gasteiger partial charge < -0.3 is 10.8 Å². The Morgan fingerprint density at radius 3 is 2.48 bits per heavy atom. The van der Waals surface area contributed by atoms with E-state index >= 15 is 0 Å². The Hall–Kier alpha value is -1.38. The number of benzene rings is 1. The first-order chi connectivity index (χ1) is 10.2. The van der Waals surface area contributed by atoms with Gasteiger partial charge in [-0.1, -0.05) is 73.9 Å². The molecule has 2 aliphatic carbocycles. The predicted octanol–water partition coefficient (Wildman–Crippen LogP) is 3.74. The third-order valence-corrected chi connectivity index (χ3v) is 5.19. The maximum absolute atomic E-state index is 10.8. The molecule has 2 nitrogen and oxygen atoms in total. The van der Waals surface area contributed by atoms with E-state index in [4.69, 9.17) is 5.73 Å². The van der Waals surface area contributed by atoms with E-state index in [0.29, 0.717) is 5.92 Å². The highest BCUT2D eigenvalue weighted by Gasteiger charge is 2.43. The quantitative estimate of drug-likeness (QED) is 0.887. The fraction of sp³-hybridized carbons (Fsp3) is 0.474. The molecule has 2 aliphatic rings. The summed E-state index contributed by atoms with van der Waals surface area (Å²) in [6.45, 7) is 0. The average molecular weight is 283 g/mol. The van der Waals surface area contributed by atoms with Crippen LogP contribution in [0.15, 0.2) is 54.6 Å². The molecule has 3 atom stereocenters. The van der Waals surface area contributed by atoms with Crippen LogP contribution in [0.3, 0.4) is 0 Å². The predicted molar refractivity (Wildman–Crippen MR) is 86.7 cm³/mol. The fourth-order valence-electron chi connectivity index (χ4n) is 3.93. The minimum Gasteiger partial charge on any atom is -0.388 e. The van der Waals surface area contributed by atoms with Gasteiger partial charge in [0.15, 0.2) is 0 Å². The Kier molecular flexibility index (Phi) is 4.27. The maximum Gasteiger partial charge on any atom is 0.0873 e. The third-order valence-electron chi connectivity index (χ3n) is 5.19. The van der Waals surface area contributed by atoms with Crippen molar-refractivity contribution in [3.05, 3.63) is 60.2 Å². The summed E-state index contributed by atoms with van der Waals surface area (Å²) in [5.41, 5.74) is 7.34. The van der Waals surface area contributed by atoms with E-state index in [1.807, 2.05) is 42.5 Å². The molecule has 0 aliphatic heterocycles. The molecule has 0 saturated heterocycles. The van der Waals surface area contributed by atoms with Crippen molar-refractivity contribution in [3.63, 3.8) is 0 Å². The van der Waals surface area contributed by atoms with Crippen LogP contribution in [0, 0.1) is 11.8 Å². The van der Waals surface area contributed by atoms with Crippen LogP contribution < -0.4 is 5.73 Å². The van der Waals surface area contributed by atoms with Crippen LogP contribution in [0.5, 0.6) is 0 Å².